The highest BCUT2D eigenvalue weighted by Crippen LogP contribution is 2.38. The van der Waals surface area contributed by atoms with E-state index in [-0.39, 0.29) is 28.4 Å². The van der Waals surface area contributed by atoms with E-state index in [9.17, 15) is 14.4 Å². The van der Waals surface area contributed by atoms with Gasteiger partial charge in [0.05, 0.1) is 16.7 Å². The summed E-state index contributed by atoms with van der Waals surface area (Å²) in [6.07, 6.45) is 1.43. The van der Waals surface area contributed by atoms with Gasteiger partial charge in [0.2, 0.25) is 0 Å². The standard InChI is InChI=1S/C29H18O4/c30-17-25-22-12-6-4-8-19(22)14-15-27(25)33-29-24(28(32)20-9-2-1-3-10-20)16-21-11-5-7-13-23(21)26(29)18-31/h1-18H. The van der Waals surface area contributed by atoms with Crippen LogP contribution in [0.5, 0.6) is 11.5 Å². The summed E-state index contributed by atoms with van der Waals surface area (Å²) < 4.78 is 6.23. The van der Waals surface area contributed by atoms with Crippen LogP contribution in [0, 0.1) is 0 Å². The predicted molar refractivity (Wildman–Crippen MR) is 129 cm³/mol. The summed E-state index contributed by atoms with van der Waals surface area (Å²) >= 11 is 0. The number of aldehydes is 2. The third-order valence-corrected chi connectivity index (χ3v) is 5.70. The molecule has 0 saturated heterocycles. The Balaban J connectivity index is 1.77. The molecule has 0 fully saturated rings. The smallest absolute Gasteiger partial charge is 0.196 e. The summed E-state index contributed by atoms with van der Waals surface area (Å²) in [5.74, 6) is 0.146. The van der Waals surface area contributed by atoms with Crippen molar-refractivity contribution >= 4 is 39.9 Å². The van der Waals surface area contributed by atoms with Crippen LogP contribution in [0.25, 0.3) is 21.5 Å². The number of ether oxygens (including phenoxy) is 1. The molecule has 0 N–H and O–H groups in total. The molecule has 0 aromatic heterocycles. The highest BCUT2D eigenvalue weighted by molar-refractivity contribution is 6.16. The first-order chi connectivity index (χ1) is 16.2. The molecule has 5 aromatic carbocycles. The molecule has 4 heteroatoms. The van der Waals surface area contributed by atoms with Crippen LogP contribution >= 0.6 is 0 Å². The Labute approximate surface area is 190 Å². The topological polar surface area (TPSA) is 60.4 Å². The summed E-state index contributed by atoms with van der Waals surface area (Å²) in [4.78, 5) is 37.7. The van der Waals surface area contributed by atoms with Crippen molar-refractivity contribution in [2.45, 2.75) is 0 Å². The lowest BCUT2D eigenvalue weighted by Gasteiger charge is -2.17. The van der Waals surface area contributed by atoms with E-state index < -0.39 is 0 Å². The lowest BCUT2D eigenvalue weighted by Crippen LogP contribution is -2.07. The number of ketones is 1. The molecule has 158 valence electrons. The number of carbonyl (C=O) groups excluding carboxylic acids is 3. The fraction of sp³-hybridized carbons (Fsp3) is 0. The molecular weight excluding hydrogens is 412 g/mol. The molecule has 33 heavy (non-hydrogen) atoms. The molecule has 0 aliphatic rings. The Morgan fingerprint density at radius 1 is 0.636 bits per heavy atom. The molecule has 5 aromatic rings. The van der Waals surface area contributed by atoms with Gasteiger partial charge in [0.25, 0.3) is 0 Å². The molecule has 0 amide bonds. The van der Waals surface area contributed by atoms with Gasteiger partial charge in [0.15, 0.2) is 18.4 Å². The van der Waals surface area contributed by atoms with Crippen LogP contribution < -0.4 is 4.74 Å². The van der Waals surface area contributed by atoms with Gasteiger partial charge in [0, 0.05) is 5.56 Å². The number of hydrogen-bond acceptors (Lipinski definition) is 4. The Kier molecular flexibility index (Phi) is 5.25. The van der Waals surface area contributed by atoms with Gasteiger partial charge in [-0.05, 0) is 33.7 Å². The summed E-state index contributed by atoms with van der Waals surface area (Å²) in [5, 5.41) is 3.04. The third-order valence-electron chi connectivity index (χ3n) is 5.70. The highest BCUT2D eigenvalue weighted by atomic mass is 16.5. The normalized spacial score (nSPS) is 10.8. The van der Waals surface area contributed by atoms with Crippen LogP contribution in [-0.2, 0) is 0 Å². The van der Waals surface area contributed by atoms with Gasteiger partial charge in [0.1, 0.15) is 11.5 Å². The van der Waals surface area contributed by atoms with Crippen LogP contribution in [0.4, 0.5) is 0 Å². The molecule has 0 saturated carbocycles. The Hall–Kier alpha value is -4.57. The third kappa shape index (κ3) is 3.58. The second-order valence-electron chi connectivity index (χ2n) is 7.62. The summed E-state index contributed by atoms with van der Waals surface area (Å²) in [5.41, 5.74) is 1.35. The fourth-order valence-corrected chi connectivity index (χ4v) is 4.09. The Bertz CT molecular complexity index is 1530. The minimum Gasteiger partial charge on any atom is -0.455 e. The van der Waals surface area contributed by atoms with Crippen molar-refractivity contribution < 1.29 is 19.1 Å². The molecular formula is C29H18O4. The zero-order chi connectivity index (χ0) is 22.8. The molecule has 0 heterocycles. The van der Waals surface area contributed by atoms with Gasteiger partial charge in [-0.2, -0.15) is 0 Å². The second-order valence-corrected chi connectivity index (χ2v) is 7.62. The van der Waals surface area contributed by atoms with E-state index in [1.165, 1.54) is 0 Å². The Morgan fingerprint density at radius 2 is 1.24 bits per heavy atom. The van der Waals surface area contributed by atoms with Crippen LogP contribution in [0.1, 0.15) is 36.6 Å². The van der Waals surface area contributed by atoms with Gasteiger partial charge in [-0.15, -0.1) is 0 Å². The van der Waals surface area contributed by atoms with Gasteiger partial charge < -0.3 is 4.74 Å². The van der Waals surface area contributed by atoms with Gasteiger partial charge >= 0.3 is 0 Å². The van der Waals surface area contributed by atoms with Crippen LogP contribution in [0.3, 0.4) is 0 Å². The Morgan fingerprint density at radius 3 is 1.94 bits per heavy atom. The van der Waals surface area contributed by atoms with Gasteiger partial charge in [-0.3, -0.25) is 14.4 Å². The fourth-order valence-electron chi connectivity index (χ4n) is 4.09. The zero-order valence-corrected chi connectivity index (χ0v) is 17.5. The van der Waals surface area contributed by atoms with E-state index in [0.717, 1.165) is 22.4 Å². The first-order valence-corrected chi connectivity index (χ1v) is 10.5. The van der Waals surface area contributed by atoms with Gasteiger partial charge in [-0.25, -0.2) is 0 Å². The molecule has 0 radical (unpaired) electrons. The van der Waals surface area contributed by atoms with E-state index in [1.807, 2.05) is 60.7 Å². The monoisotopic (exact) mass is 430 g/mol. The molecule has 0 spiro atoms. The predicted octanol–water partition coefficient (Wildman–Crippen LogP) is 6.64. The average Bonchev–Trinajstić information content (AvgIpc) is 2.88. The van der Waals surface area contributed by atoms with Crippen LogP contribution in [-0.4, -0.2) is 18.4 Å². The highest BCUT2D eigenvalue weighted by Gasteiger charge is 2.22. The lowest BCUT2D eigenvalue weighted by molar-refractivity contribution is 0.103. The summed E-state index contributed by atoms with van der Waals surface area (Å²) in [7, 11) is 0. The molecule has 0 bridgehead atoms. The lowest BCUT2D eigenvalue weighted by atomic mass is 9.95. The number of hydrogen-bond donors (Lipinski definition) is 0. The zero-order valence-electron chi connectivity index (χ0n) is 17.5. The summed E-state index contributed by atoms with van der Waals surface area (Å²) in [6.45, 7) is 0. The van der Waals surface area contributed by atoms with Crippen LogP contribution in [0.15, 0.2) is 97.1 Å². The number of benzene rings is 5. The number of fused-ring (bicyclic) bond motifs is 2. The van der Waals surface area contributed by atoms with Crippen molar-refractivity contribution in [3.05, 3.63) is 119 Å². The minimum atomic E-state index is -0.270. The van der Waals surface area contributed by atoms with Crippen molar-refractivity contribution in [1.82, 2.24) is 0 Å². The van der Waals surface area contributed by atoms with E-state index in [2.05, 4.69) is 0 Å². The molecule has 0 aliphatic carbocycles. The van der Waals surface area contributed by atoms with E-state index >= 15 is 0 Å². The van der Waals surface area contributed by atoms with Crippen molar-refractivity contribution in [2.24, 2.45) is 0 Å². The number of rotatable bonds is 6. The van der Waals surface area contributed by atoms with Crippen molar-refractivity contribution in [2.75, 3.05) is 0 Å². The molecule has 5 rings (SSSR count). The first kappa shape index (κ1) is 20.3. The quantitative estimate of drug-likeness (QED) is 0.224. The number of carbonyl (C=O) groups is 3. The van der Waals surface area contributed by atoms with Crippen molar-refractivity contribution in [3.8, 4) is 11.5 Å². The maximum atomic E-state index is 13.5. The molecule has 0 unspecified atom stereocenters. The summed E-state index contributed by atoms with van der Waals surface area (Å²) in [6, 6.07) is 28.9. The minimum absolute atomic E-state index is 0.135. The van der Waals surface area contributed by atoms with E-state index in [0.29, 0.717) is 22.8 Å². The SMILES string of the molecule is O=Cc1c(Oc2c(C(=O)c3ccccc3)cc3ccccc3c2C=O)ccc2ccccc12. The maximum absolute atomic E-state index is 13.5. The average molecular weight is 430 g/mol. The van der Waals surface area contributed by atoms with Gasteiger partial charge in [-0.1, -0.05) is 84.9 Å². The molecule has 4 nitrogen and oxygen atoms in total. The van der Waals surface area contributed by atoms with E-state index in [4.69, 9.17) is 4.74 Å². The van der Waals surface area contributed by atoms with Crippen molar-refractivity contribution in [3.63, 3.8) is 0 Å². The molecule has 0 aliphatic heterocycles. The van der Waals surface area contributed by atoms with Crippen molar-refractivity contribution in [1.29, 1.82) is 0 Å². The molecule has 0 atom stereocenters. The first-order valence-electron chi connectivity index (χ1n) is 10.5. The second kappa shape index (κ2) is 8.52. The van der Waals surface area contributed by atoms with Crippen LogP contribution in [0.2, 0.25) is 0 Å². The van der Waals surface area contributed by atoms with E-state index in [1.54, 1.807) is 36.4 Å². The largest absolute Gasteiger partial charge is 0.455 e. The maximum Gasteiger partial charge on any atom is 0.196 e.